The van der Waals surface area contributed by atoms with Crippen LogP contribution in [0.4, 0.5) is 22.9 Å². The summed E-state index contributed by atoms with van der Waals surface area (Å²) < 4.78 is 7.58. The van der Waals surface area contributed by atoms with Gasteiger partial charge in [-0.15, -0.1) is 0 Å². The van der Waals surface area contributed by atoms with Gasteiger partial charge in [0.15, 0.2) is 5.82 Å². The number of aromatic nitrogens is 2. The molecule has 9 heteroatoms. The molecule has 0 saturated carbocycles. The Morgan fingerprint density at radius 3 is 2.73 bits per heavy atom. The van der Waals surface area contributed by atoms with Gasteiger partial charge in [-0.1, -0.05) is 0 Å². The van der Waals surface area contributed by atoms with Gasteiger partial charge < -0.3 is 25.3 Å². The van der Waals surface area contributed by atoms with Crippen molar-refractivity contribution in [1.82, 2.24) is 14.5 Å². The molecule has 0 amide bonds. The third-order valence-corrected chi connectivity index (χ3v) is 6.39. The van der Waals surface area contributed by atoms with Gasteiger partial charge in [0.05, 0.1) is 11.4 Å². The summed E-state index contributed by atoms with van der Waals surface area (Å²) in [5.41, 5.74) is 8.70. The molecule has 0 radical (unpaired) electrons. The summed E-state index contributed by atoms with van der Waals surface area (Å²) in [5, 5.41) is 3.09. The van der Waals surface area contributed by atoms with Crippen LogP contribution >= 0.6 is 15.9 Å². The number of nitrogens with two attached hydrogens (primary N) is 1. The van der Waals surface area contributed by atoms with E-state index in [2.05, 4.69) is 43.0 Å². The molecular formula is C21H29BrN6O2. The quantitative estimate of drug-likeness (QED) is 0.655. The summed E-state index contributed by atoms with van der Waals surface area (Å²) in [6, 6.07) is 6.86. The Balaban J connectivity index is 1.46. The Bertz CT molecular complexity index is 959. The number of hydrogen-bond acceptors (Lipinski definition) is 7. The molecule has 4 rings (SSSR count). The average molecular weight is 477 g/mol. The van der Waals surface area contributed by atoms with Crippen molar-refractivity contribution in [2.24, 2.45) is 7.05 Å². The molecular weight excluding hydrogens is 448 g/mol. The van der Waals surface area contributed by atoms with E-state index in [1.807, 2.05) is 18.2 Å². The molecule has 1 aromatic heterocycles. The Hall–Kier alpha value is -2.10. The first-order chi connectivity index (χ1) is 14.4. The van der Waals surface area contributed by atoms with Gasteiger partial charge in [-0.05, 0) is 53.9 Å². The van der Waals surface area contributed by atoms with E-state index in [0.717, 1.165) is 57.1 Å². The van der Waals surface area contributed by atoms with E-state index in [4.69, 9.17) is 10.5 Å². The number of piperazine rings is 1. The predicted octanol–water partition coefficient (Wildman–Crippen LogP) is 2.56. The van der Waals surface area contributed by atoms with Crippen LogP contribution in [0.15, 0.2) is 33.8 Å². The molecule has 2 aliphatic heterocycles. The zero-order valence-electron chi connectivity index (χ0n) is 17.5. The van der Waals surface area contributed by atoms with Crippen molar-refractivity contribution >= 4 is 38.8 Å². The standard InChI is InChI=1S/C21H29BrN6O2/c1-14-12-27(16-5-9-30-10-6-16)7-8-28(14)18-4-3-15(11-17(18)23)24-20-21(29)26(2)13-19(22)25-20/h3-4,11,13-14,16H,5-10,12,23H2,1-2H3,(H,24,25)/t14-/m0/s1. The maximum atomic E-state index is 12.3. The lowest BCUT2D eigenvalue weighted by Gasteiger charge is -2.45. The van der Waals surface area contributed by atoms with Gasteiger partial charge in [-0.3, -0.25) is 9.69 Å². The molecule has 2 fully saturated rings. The van der Waals surface area contributed by atoms with Crippen LogP contribution in [0.5, 0.6) is 0 Å². The zero-order valence-corrected chi connectivity index (χ0v) is 19.1. The normalized spacial score (nSPS) is 21.0. The minimum atomic E-state index is -0.196. The van der Waals surface area contributed by atoms with E-state index in [1.54, 1.807) is 13.2 Å². The molecule has 8 nitrogen and oxygen atoms in total. The molecule has 0 spiro atoms. The lowest BCUT2D eigenvalue weighted by molar-refractivity contribution is 0.0280. The van der Waals surface area contributed by atoms with E-state index in [1.165, 1.54) is 4.57 Å². The van der Waals surface area contributed by atoms with Crippen molar-refractivity contribution in [2.45, 2.75) is 31.8 Å². The fraction of sp³-hybridized carbons (Fsp3) is 0.524. The molecule has 162 valence electrons. The summed E-state index contributed by atoms with van der Waals surface area (Å²) in [4.78, 5) is 21.5. The molecule has 3 N–H and O–H groups in total. The van der Waals surface area contributed by atoms with Crippen molar-refractivity contribution in [1.29, 1.82) is 0 Å². The van der Waals surface area contributed by atoms with Gasteiger partial charge in [-0.25, -0.2) is 4.98 Å². The van der Waals surface area contributed by atoms with Crippen LogP contribution in [0.25, 0.3) is 0 Å². The summed E-state index contributed by atoms with van der Waals surface area (Å²) in [5.74, 6) is 0.262. The van der Waals surface area contributed by atoms with Crippen molar-refractivity contribution in [3.8, 4) is 0 Å². The first-order valence-corrected chi connectivity index (χ1v) is 11.2. The lowest BCUT2D eigenvalue weighted by Crippen LogP contribution is -2.56. The number of anilines is 4. The SMILES string of the molecule is C[C@H]1CN(C2CCOCC2)CCN1c1ccc(Nc2nc(Br)cn(C)c2=O)cc1N. The molecule has 3 heterocycles. The molecule has 0 aliphatic carbocycles. The summed E-state index contributed by atoms with van der Waals surface area (Å²) >= 11 is 3.33. The highest BCUT2D eigenvalue weighted by Crippen LogP contribution is 2.31. The highest BCUT2D eigenvalue weighted by Gasteiger charge is 2.30. The second kappa shape index (κ2) is 8.95. The van der Waals surface area contributed by atoms with E-state index >= 15 is 0 Å². The average Bonchev–Trinajstić information content (AvgIpc) is 2.73. The smallest absolute Gasteiger partial charge is 0.293 e. The number of nitrogen functional groups attached to an aromatic ring is 1. The first-order valence-electron chi connectivity index (χ1n) is 10.4. The lowest BCUT2D eigenvalue weighted by atomic mass is 10.0. The number of halogens is 1. The van der Waals surface area contributed by atoms with Crippen LogP contribution < -0.4 is 21.5 Å². The van der Waals surface area contributed by atoms with Gasteiger partial charge >= 0.3 is 0 Å². The minimum absolute atomic E-state index is 0.196. The Morgan fingerprint density at radius 1 is 1.27 bits per heavy atom. The number of hydrogen-bond donors (Lipinski definition) is 2. The molecule has 0 bridgehead atoms. The van der Waals surface area contributed by atoms with E-state index in [9.17, 15) is 4.79 Å². The third kappa shape index (κ3) is 4.48. The predicted molar refractivity (Wildman–Crippen MR) is 124 cm³/mol. The number of nitrogens with one attached hydrogen (secondary N) is 1. The topological polar surface area (TPSA) is 88.7 Å². The molecule has 2 saturated heterocycles. The monoisotopic (exact) mass is 476 g/mol. The van der Waals surface area contributed by atoms with Gasteiger partial charge in [0, 0.05) is 63.9 Å². The van der Waals surface area contributed by atoms with Gasteiger partial charge in [0.2, 0.25) is 0 Å². The number of nitrogens with zero attached hydrogens (tertiary/aromatic N) is 4. The summed E-state index contributed by atoms with van der Waals surface area (Å²) in [6.07, 6.45) is 3.88. The van der Waals surface area contributed by atoms with Crippen molar-refractivity contribution in [2.75, 3.05) is 48.8 Å². The molecule has 2 aliphatic rings. The van der Waals surface area contributed by atoms with Crippen molar-refractivity contribution < 1.29 is 4.74 Å². The third-order valence-electron chi connectivity index (χ3n) is 6.01. The molecule has 30 heavy (non-hydrogen) atoms. The Kier molecular flexibility index (Phi) is 6.31. The molecule has 1 aromatic carbocycles. The summed E-state index contributed by atoms with van der Waals surface area (Å²) in [7, 11) is 1.69. The second-order valence-electron chi connectivity index (χ2n) is 8.11. The van der Waals surface area contributed by atoms with Crippen molar-refractivity contribution in [3.63, 3.8) is 0 Å². The second-order valence-corrected chi connectivity index (χ2v) is 8.92. The van der Waals surface area contributed by atoms with Crippen LogP contribution in [0.2, 0.25) is 0 Å². The van der Waals surface area contributed by atoms with Crippen LogP contribution in [0.3, 0.4) is 0 Å². The van der Waals surface area contributed by atoms with Crippen LogP contribution in [0.1, 0.15) is 19.8 Å². The van der Waals surface area contributed by atoms with Crippen LogP contribution in [-0.2, 0) is 11.8 Å². The van der Waals surface area contributed by atoms with Crippen LogP contribution in [0, 0.1) is 0 Å². The van der Waals surface area contributed by atoms with Crippen LogP contribution in [-0.4, -0.2) is 59.4 Å². The highest BCUT2D eigenvalue weighted by molar-refractivity contribution is 9.10. The van der Waals surface area contributed by atoms with Gasteiger partial charge in [0.25, 0.3) is 5.56 Å². The molecule has 2 aromatic rings. The number of rotatable bonds is 4. The maximum absolute atomic E-state index is 12.3. The highest BCUT2D eigenvalue weighted by atomic mass is 79.9. The fourth-order valence-corrected chi connectivity index (χ4v) is 4.89. The number of ether oxygens (including phenoxy) is 1. The largest absolute Gasteiger partial charge is 0.397 e. The van der Waals surface area contributed by atoms with E-state index in [-0.39, 0.29) is 11.4 Å². The molecule has 0 unspecified atom stereocenters. The zero-order chi connectivity index (χ0) is 21.3. The Morgan fingerprint density at radius 2 is 2.03 bits per heavy atom. The molecule has 1 atom stereocenters. The minimum Gasteiger partial charge on any atom is -0.397 e. The maximum Gasteiger partial charge on any atom is 0.293 e. The van der Waals surface area contributed by atoms with E-state index in [0.29, 0.717) is 22.4 Å². The van der Waals surface area contributed by atoms with E-state index < -0.39 is 0 Å². The fourth-order valence-electron chi connectivity index (χ4n) is 4.41. The number of aryl methyl sites for hydroxylation is 1. The van der Waals surface area contributed by atoms with Crippen molar-refractivity contribution in [3.05, 3.63) is 39.4 Å². The Labute approximate surface area is 185 Å². The van der Waals surface area contributed by atoms with Gasteiger partial charge in [-0.2, -0.15) is 0 Å². The number of benzene rings is 1. The van der Waals surface area contributed by atoms with Gasteiger partial charge in [0.1, 0.15) is 4.60 Å². The summed E-state index contributed by atoms with van der Waals surface area (Å²) in [6.45, 7) is 7.01. The first kappa shape index (κ1) is 21.1.